The third-order valence-corrected chi connectivity index (χ3v) is 6.17. The Labute approximate surface area is 122 Å². The van der Waals surface area contributed by atoms with Crippen molar-refractivity contribution in [1.82, 2.24) is 4.47 Å². The van der Waals surface area contributed by atoms with Crippen LogP contribution in [0.25, 0.3) is 0 Å². The lowest BCUT2D eigenvalue weighted by Gasteiger charge is -2.39. The van der Waals surface area contributed by atoms with Crippen molar-refractivity contribution in [3.05, 3.63) is 35.6 Å². The van der Waals surface area contributed by atoms with Gasteiger partial charge in [0.15, 0.2) is 0 Å². The monoisotopic (exact) mass is 295 g/mol. The molecule has 2 aliphatic heterocycles. The Kier molecular flexibility index (Phi) is 2.85. The van der Waals surface area contributed by atoms with Crippen molar-refractivity contribution in [3.63, 3.8) is 0 Å². The molecule has 4 atom stereocenters. The molecule has 0 spiro atoms. The standard InChI is InChI=1S/C15H21NO3S/c1-6-13(2,3)14(4)9-7-11-12(8-10-14)18-20(17)16-15(11,5)19-16/h7-10H,6H2,1-5H3. The smallest absolute Gasteiger partial charge is 0.318 e. The minimum atomic E-state index is -1.56. The SMILES string of the molecule is CCC(C)(C)C1(C)C=CC2=C(C=C1)C1(C)ON1S(=O)O2. The predicted molar refractivity (Wildman–Crippen MR) is 78.0 cm³/mol. The fourth-order valence-electron chi connectivity index (χ4n) is 2.59. The van der Waals surface area contributed by atoms with Gasteiger partial charge >= 0.3 is 11.3 Å². The summed E-state index contributed by atoms with van der Waals surface area (Å²) in [6.07, 6.45) is 9.42. The molecule has 1 fully saturated rings. The molecule has 0 aromatic rings. The van der Waals surface area contributed by atoms with Gasteiger partial charge in [-0.1, -0.05) is 45.9 Å². The number of hydrogen-bond donors (Lipinski definition) is 0. The first-order valence-corrected chi connectivity index (χ1v) is 7.99. The van der Waals surface area contributed by atoms with Crippen molar-refractivity contribution >= 4 is 11.3 Å². The van der Waals surface area contributed by atoms with Crippen molar-refractivity contribution in [1.29, 1.82) is 0 Å². The lowest BCUT2D eigenvalue weighted by atomic mass is 9.65. The molecule has 0 amide bonds. The lowest BCUT2D eigenvalue weighted by molar-refractivity contribution is 0.190. The van der Waals surface area contributed by atoms with Crippen molar-refractivity contribution in [2.45, 2.75) is 46.8 Å². The second-order valence-corrected chi connectivity index (χ2v) is 7.53. The van der Waals surface area contributed by atoms with Crippen LogP contribution in [0.15, 0.2) is 35.6 Å². The first-order chi connectivity index (χ1) is 9.23. The Bertz CT molecular complexity index is 578. The van der Waals surface area contributed by atoms with Crippen LogP contribution in [0.1, 0.15) is 41.0 Å². The van der Waals surface area contributed by atoms with E-state index in [0.29, 0.717) is 5.76 Å². The van der Waals surface area contributed by atoms with Crippen LogP contribution in [0, 0.1) is 10.8 Å². The van der Waals surface area contributed by atoms with Crippen LogP contribution < -0.4 is 0 Å². The normalized spacial score (nSPS) is 42.6. The van der Waals surface area contributed by atoms with E-state index in [2.05, 4.69) is 45.9 Å². The fraction of sp³-hybridized carbons (Fsp3) is 0.600. The molecule has 3 rings (SSSR count). The maximum Gasteiger partial charge on any atom is 0.318 e. The average molecular weight is 295 g/mol. The summed E-state index contributed by atoms with van der Waals surface area (Å²) in [5.74, 6) is 0.645. The van der Waals surface area contributed by atoms with Gasteiger partial charge in [-0.05, 0) is 29.3 Å². The molecule has 5 heteroatoms. The molecule has 0 radical (unpaired) electrons. The van der Waals surface area contributed by atoms with Crippen LogP contribution in [0.4, 0.5) is 0 Å². The number of allylic oxidation sites excluding steroid dienone is 3. The fourth-order valence-corrected chi connectivity index (χ4v) is 3.55. The molecular formula is C15H21NO3S. The van der Waals surface area contributed by atoms with E-state index in [9.17, 15) is 4.21 Å². The molecular weight excluding hydrogens is 274 g/mol. The zero-order valence-electron chi connectivity index (χ0n) is 12.6. The van der Waals surface area contributed by atoms with Gasteiger partial charge in [-0.15, -0.1) is 0 Å². The summed E-state index contributed by atoms with van der Waals surface area (Å²) in [7, 11) is 0. The number of nitrogens with zero attached hydrogens (tertiary/aromatic N) is 1. The van der Waals surface area contributed by atoms with E-state index in [1.165, 1.54) is 4.47 Å². The molecule has 2 heterocycles. The highest BCUT2D eigenvalue weighted by Gasteiger charge is 2.62. The summed E-state index contributed by atoms with van der Waals surface area (Å²) in [6, 6.07) is 0. The summed E-state index contributed by atoms with van der Waals surface area (Å²) in [4.78, 5) is 5.45. The first kappa shape index (κ1) is 14.0. The highest BCUT2D eigenvalue weighted by atomic mass is 32.2. The van der Waals surface area contributed by atoms with E-state index in [0.717, 1.165) is 12.0 Å². The second-order valence-electron chi connectivity index (χ2n) is 6.60. The number of hydroxylamine groups is 1. The number of fused-ring (bicyclic) bond motifs is 2. The summed E-state index contributed by atoms with van der Waals surface area (Å²) in [6.45, 7) is 10.8. The maximum atomic E-state index is 11.8. The molecule has 110 valence electrons. The van der Waals surface area contributed by atoms with Gasteiger partial charge in [0.05, 0.1) is 0 Å². The molecule has 0 aromatic carbocycles. The van der Waals surface area contributed by atoms with Gasteiger partial charge in [0.25, 0.3) is 0 Å². The molecule has 0 saturated carbocycles. The van der Waals surface area contributed by atoms with Gasteiger partial charge in [0.1, 0.15) is 5.76 Å². The summed E-state index contributed by atoms with van der Waals surface area (Å²) in [5, 5.41) is 0. The van der Waals surface area contributed by atoms with E-state index in [1.807, 2.05) is 13.0 Å². The van der Waals surface area contributed by atoms with E-state index < -0.39 is 17.0 Å². The Morgan fingerprint density at radius 3 is 2.60 bits per heavy atom. The highest BCUT2D eigenvalue weighted by Crippen LogP contribution is 2.52. The molecule has 1 saturated heterocycles. The molecule has 1 aliphatic carbocycles. The molecule has 4 nitrogen and oxygen atoms in total. The van der Waals surface area contributed by atoms with Gasteiger partial charge in [-0.2, -0.15) is 4.21 Å². The van der Waals surface area contributed by atoms with Crippen molar-refractivity contribution < 1.29 is 13.2 Å². The van der Waals surface area contributed by atoms with Crippen LogP contribution in [0.2, 0.25) is 0 Å². The minimum Gasteiger partial charge on any atom is -0.387 e. The van der Waals surface area contributed by atoms with Gasteiger partial charge in [0.2, 0.25) is 5.72 Å². The molecule has 0 bridgehead atoms. The first-order valence-electron chi connectivity index (χ1n) is 6.96. The Morgan fingerprint density at radius 1 is 1.30 bits per heavy atom. The van der Waals surface area contributed by atoms with Crippen molar-refractivity contribution in [2.75, 3.05) is 0 Å². The molecule has 20 heavy (non-hydrogen) atoms. The summed E-state index contributed by atoms with van der Waals surface area (Å²) < 4.78 is 18.7. The third kappa shape index (κ3) is 1.76. The Morgan fingerprint density at radius 2 is 1.95 bits per heavy atom. The quantitative estimate of drug-likeness (QED) is 0.733. The molecule has 3 aliphatic rings. The summed E-state index contributed by atoms with van der Waals surface area (Å²) >= 11 is -1.56. The predicted octanol–water partition coefficient (Wildman–Crippen LogP) is 3.38. The van der Waals surface area contributed by atoms with E-state index >= 15 is 0 Å². The van der Waals surface area contributed by atoms with Gasteiger partial charge < -0.3 is 4.18 Å². The number of rotatable bonds is 2. The maximum absolute atomic E-state index is 11.8. The Balaban J connectivity index is 2.03. The van der Waals surface area contributed by atoms with E-state index in [-0.39, 0.29) is 10.8 Å². The van der Waals surface area contributed by atoms with Crippen LogP contribution in [-0.2, 0) is 20.3 Å². The van der Waals surface area contributed by atoms with E-state index in [1.54, 1.807) is 0 Å². The minimum absolute atomic E-state index is 0.0833. The summed E-state index contributed by atoms with van der Waals surface area (Å²) in [5.41, 5.74) is 0.364. The molecule has 0 N–H and O–H groups in total. The van der Waals surface area contributed by atoms with Crippen molar-refractivity contribution in [2.24, 2.45) is 10.8 Å². The topological polar surface area (TPSA) is 41.8 Å². The van der Waals surface area contributed by atoms with Crippen LogP contribution >= 0.6 is 0 Å². The van der Waals surface area contributed by atoms with Crippen molar-refractivity contribution in [3.8, 4) is 0 Å². The average Bonchev–Trinajstić information content (AvgIpc) is 3.11. The largest absolute Gasteiger partial charge is 0.387 e. The Hall–Kier alpha value is -0.910. The van der Waals surface area contributed by atoms with Gasteiger partial charge in [-0.3, -0.25) is 0 Å². The molecule has 0 aromatic heterocycles. The third-order valence-electron chi connectivity index (χ3n) is 5.16. The zero-order chi connectivity index (χ0) is 14.8. The van der Waals surface area contributed by atoms with Crippen LogP contribution in [-0.4, -0.2) is 14.4 Å². The van der Waals surface area contributed by atoms with Gasteiger partial charge in [0, 0.05) is 11.0 Å². The van der Waals surface area contributed by atoms with Gasteiger partial charge in [-0.25, -0.2) is 4.84 Å². The van der Waals surface area contributed by atoms with E-state index in [4.69, 9.17) is 9.02 Å². The van der Waals surface area contributed by atoms with Crippen LogP contribution in [0.5, 0.6) is 0 Å². The highest BCUT2D eigenvalue weighted by molar-refractivity contribution is 7.78. The number of hydrogen-bond acceptors (Lipinski definition) is 3. The van der Waals surface area contributed by atoms with Crippen LogP contribution in [0.3, 0.4) is 0 Å². The lowest BCUT2D eigenvalue weighted by Crippen LogP contribution is -2.31. The molecule has 4 unspecified atom stereocenters. The zero-order valence-corrected chi connectivity index (χ0v) is 13.4. The second kappa shape index (κ2) is 4.06.